The average molecular weight is 357 g/mol. The van der Waals surface area contributed by atoms with Gasteiger partial charge in [-0.05, 0) is 42.0 Å². The highest BCUT2D eigenvalue weighted by Gasteiger charge is 2.30. The molecule has 1 aromatic carbocycles. The first-order valence-corrected chi connectivity index (χ1v) is 7.74. The van der Waals surface area contributed by atoms with E-state index in [0.29, 0.717) is 17.7 Å². The third-order valence-electron chi connectivity index (χ3n) is 3.73. The number of rotatable bonds is 4. The van der Waals surface area contributed by atoms with Crippen LogP contribution in [0.4, 0.5) is 13.2 Å². The lowest BCUT2D eigenvalue weighted by Gasteiger charge is -2.09. The van der Waals surface area contributed by atoms with Crippen LogP contribution in [0, 0.1) is 0 Å². The molecule has 0 spiro atoms. The van der Waals surface area contributed by atoms with E-state index in [1.165, 1.54) is 0 Å². The topological polar surface area (TPSA) is 54.9 Å². The Labute approximate surface area is 147 Å². The van der Waals surface area contributed by atoms with E-state index in [4.69, 9.17) is 0 Å². The maximum atomic E-state index is 12.8. The molecule has 0 saturated heterocycles. The predicted octanol–water partition coefficient (Wildman–Crippen LogP) is 4.09. The first kappa shape index (κ1) is 17.6. The van der Waals surface area contributed by atoms with Gasteiger partial charge in [-0.1, -0.05) is 12.1 Å². The number of halogens is 3. The highest BCUT2D eigenvalue weighted by atomic mass is 19.4. The molecule has 4 nitrogen and oxygen atoms in total. The van der Waals surface area contributed by atoms with E-state index in [-0.39, 0.29) is 11.6 Å². The second-order valence-corrected chi connectivity index (χ2v) is 5.54. The molecule has 132 valence electrons. The van der Waals surface area contributed by atoms with Crippen LogP contribution in [0.15, 0.2) is 67.1 Å². The number of alkyl halides is 3. The maximum absolute atomic E-state index is 12.8. The van der Waals surface area contributed by atoms with Gasteiger partial charge in [0.1, 0.15) is 0 Å². The van der Waals surface area contributed by atoms with Gasteiger partial charge < -0.3 is 5.32 Å². The summed E-state index contributed by atoms with van der Waals surface area (Å²) in [5, 5.41) is 2.77. The molecule has 1 N–H and O–H groups in total. The number of aromatic nitrogens is 2. The Kier molecular flexibility index (Phi) is 4.97. The zero-order chi connectivity index (χ0) is 18.6. The van der Waals surface area contributed by atoms with Crippen molar-refractivity contribution in [3.63, 3.8) is 0 Å². The van der Waals surface area contributed by atoms with E-state index in [1.54, 1.807) is 48.8 Å². The molecule has 3 rings (SSSR count). The highest BCUT2D eigenvalue weighted by molar-refractivity contribution is 5.94. The Bertz CT molecular complexity index is 894. The first-order chi connectivity index (χ1) is 12.4. The molecule has 0 aliphatic carbocycles. The molecule has 0 aliphatic heterocycles. The zero-order valence-electron chi connectivity index (χ0n) is 13.5. The van der Waals surface area contributed by atoms with Gasteiger partial charge in [-0.2, -0.15) is 13.2 Å². The van der Waals surface area contributed by atoms with Gasteiger partial charge in [-0.25, -0.2) is 0 Å². The maximum Gasteiger partial charge on any atom is 0.416 e. The first-order valence-electron chi connectivity index (χ1n) is 7.74. The summed E-state index contributed by atoms with van der Waals surface area (Å²) in [6.45, 7) is 0.359. The lowest BCUT2D eigenvalue weighted by atomic mass is 10.1. The Morgan fingerprint density at radius 3 is 2.31 bits per heavy atom. The molecule has 0 fully saturated rings. The van der Waals surface area contributed by atoms with E-state index in [9.17, 15) is 18.0 Å². The van der Waals surface area contributed by atoms with Crippen molar-refractivity contribution >= 4 is 5.91 Å². The van der Waals surface area contributed by atoms with Crippen LogP contribution in [0.3, 0.4) is 0 Å². The van der Waals surface area contributed by atoms with Crippen LogP contribution >= 0.6 is 0 Å². The molecule has 0 unspecified atom stereocenters. The van der Waals surface area contributed by atoms with Crippen molar-refractivity contribution in [2.24, 2.45) is 0 Å². The second kappa shape index (κ2) is 7.35. The van der Waals surface area contributed by atoms with Gasteiger partial charge in [0.15, 0.2) is 0 Å². The van der Waals surface area contributed by atoms with Crippen molar-refractivity contribution in [3.8, 4) is 11.3 Å². The minimum atomic E-state index is -4.43. The molecule has 7 heteroatoms. The van der Waals surface area contributed by atoms with E-state index in [0.717, 1.165) is 23.9 Å². The molecule has 0 atom stereocenters. The quantitative estimate of drug-likeness (QED) is 0.765. The monoisotopic (exact) mass is 357 g/mol. The van der Waals surface area contributed by atoms with Crippen molar-refractivity contribution in [2.75, 3.05) is 0 Å². The average Bonchev–Trinajstić information content (AvgIpc) is 2.66. The van der Waals surface area contributed by atoms with Crippen LogP contribution in [-0.4, -0.2) is 15.9 Å². The Balaban J connectivity index is 1.71. The summed E-state index contributed by atoms with van der Waals surface area (Å²) in [4.78, 5) is 20.0. The van der Waals surface area contributed by atoms with Crippen molar-refractivity contribution in [3.05, 3.63) is 83.8 Å². The Morgan fingerprint density at radius 2 is 1.65 bits per heavy atom. The van der Waals surface area contributed by atoms with Crippen LogP contribution in [0.2, 0.25) is 0 Å². The molecular weight excluding hydrogens is 343 g/mol. The van der Waals surface area contributed by atoms with Gasteiger partial charge in [0.05, 0.1) is 11.3 Å². The van der Waals surface area contributed by atoms with Crippen molar-refractivity contribution in [2.45, 2.75) is 12.7 Å². The minimum absolute atomic E-state index is 0.198. The summed E-state index contributed by atoms with van der Waals surface area (Å²) >= 11 is 0. The van der Waals surface area contributed by atoms with Gasteiger partial charge >= 0.3 is 6.18 Å². The van der Waals surface area contributed by atoms with Gasteiger partial charge in [0.2, 0.25) is 0 Å². The number of hydrogen-bond donors (Lipinski definition) is 1. The number of carbonyl (C=O) groups is 1. The summed E-state index contributed by atoms with van der Waals surface area (Å²) in [7, 11) is 0. The second-order valence-electron chi connectivity index (χ2n) is 5.54. The van der Waals surface area contributed by atoms with E-state index in [2.05, 4.69) is 15.3 Å². The van der Waals surface area contributed by atoms with Crippen molar-refractivity contribution in [1.29, 1.82) is 0 Å². The van der Waals surface area contributed by atoms with Crippen LogP contribution in [-0.2, 0) is 12.7 Å². The molecule has 0 saturated carbocycles. The summed E-state index contributed by atoms with van der Waals surface area (Å²) in [5.74, 6) is -0.273. The van der Waals surface area contributed by atoms with Crippen LogP contribution < -0.4 is 5.32 Å². The summed E-state index contributed by atoms with van der Waals surface area (Å²) < 4.78 is 38.4. The largest absolute Gasteiger partial charge is 0.416 e. The predicted molar refractivity (Wildman–Crippen MR) is 90.1 cm³/mol. The molecule has 1 amide bonds. The minimum Gasteiger partial charge on any atom is -0.348 e. The number of hydrogen-bond acceptors (Lipinski definition) is 3. The fourth-order valence-electron chi connectivity index (χ4n) is 2.34. The zero-order valence-corrected chi connectivity index (χ0v) is 13.5. The SMILES string of the molecule is O=C(NCc1ccncc1)c1ccc(-c2cc(C(F)(F)F)ccn2)cc1. The van der Waals surface area contributed by atoms with Gasteiger partial charge in [0, 0.05) is 36.3 Å². The number of benzene rings is 1. The lowest BCUT2D eigenvalue weighted by molar-refractivity contribution is -0.137. The third-order valence-corrected chi connectivity index (χ3v) is 3.73. The molecule has 0 radical (unpaired) electrons. The van der Waals surface area contributed by atoms with E-state index >= 15 is 0 Å². The standard InChI is InChI=1S/C19H14F3N3O/c20-19(21,22)16-7-10-24-17(11-16)14-1-3-15(4-2-14)18(26)25-12-13-5-8-23-9-6-13/h1-11H,12H2,(H,25,26). The number of amides is 1. The summed E-state index contributed by atoms with van der Waals surface area (Å²) in [6.07, 6.45) is -0.0331. The summed E-state index contributed by atoms with van der Waals surface area (Å²) in [6, 6.07) is 11.8. The third kappa shape index (κ3) is 4.24. The van der Waals surface area contributed by atoms with Crippen LogP contribution in [0.25, 0.3) is 11.3 Å². The molecule has 2 aromatic heterocycles. The Hall–Kier alpha value is -3.22. The lowest BCUT2D eigenvalue weighted by Crippen LogP contribution is -2.22. The fraction of sp³-hybridized carbons (Fsp3) is 0.105. The number of pyridine rings is 2. The normalized spacial score (nSPS) is 11.2. The van der Waals surface area contributed by atoms with Gasteiger partial charge in [0.25, 0.3) is 5.91 Å². The molecular formula is C19H14F3N3O. The van der Waals surface area contributed by atoms with Crippen LogP contribution in [0.5, 0.6) is 0 Å². The van der Waals surface area contributed by atoms with Crippen LogP contribution in [0.1, 0.15) is 21.5 Å². The molecule has 3 aromatic rings. The van der Waals surface area contributed by atoms with E-state index < -0.39 is 11.7 Å². The molecule has 26 heavy (non-hydrogen) atoms. The summed E-state index contributed by atoms with van der Waals surface area (Å²) in [5.41, 5.74) is 1.26. The number of nitrogens with one attached hydrogen (secondary N) is 1. The molecule has 2 heterocycles. The number of nitrogens with zero attached hydrogens (tertiary/aromatic N) is 2. The number of carbonyl (C=O) groups excluding carboxylic acids is 1. The van der Waals surface area contributed by atoms with Crippen molar-refractivity contribution in [1.82, 2.24) is 15.3 Å². The van der Waals surface area contributed by atoms with Crippen molar-refractivity contribution < 1.29 is 18.0 Å². The molecule has 0 aliphatic rings. The van der Waals surface area contributed by atoms with Gasteiger partial charge in [-0.15, -0.1) is 0 Å². The Morgan fingerprint density at radius 1 is 0.962 bits per heavy atom. The fourth-order valence-corrected chi connectivity index (χ4v) is 2.34. The smallest absolute Gasteiger partial charge is 0.348 e. The van der Waals surface area contributed by atoms with E-state index in [1.807, 2.05) is 0 Å². The molecule has 0 bridgehead atoms. The van der Waals surface area contributed by atoms with Gasteiger partial charge in [-0.3, -0.25) is 14.8 Å². The highest BCUT2D eigenvalue weighted by Crippen LogP contribution is 2.31.